The molecular weight excluding hydrogens is 334 g/mol. The number of ether oxygens (including phenoxy) is 1. The van der Waals surface area contributed by atoms with Crippen LogP contribution in [0.2, 0.25) is 0 Å². The Bertz CT molecular complexity index is 648. The van der Waals surface area contributed by atoms with Gasteiger partial charge in [-0.1, -0.05) is 31.4 Å². The Balaban J connectivity index is 1.58. The highest BCUT2D eigenvalue weighted by atomic mass is 16.5. The highest BCUT2D eigenvalue weighted by Crippen LogP contribution is 2.22. The normalized spacial score (nSPS) is 13.0. The maximum Gasteiger partial charge on any atom is 0.313 e. The fourth-order valence-electron chi connectivity index (χ4n) is 3.03. The van der Waals surface area contributed by atoms with Crippen molar-refractivity contribution in [2.24, 2.45) is 0 Å². The first-order valence-electron chi connectivity index (χ1n) is 9.17. The number of benzene rings is 1. The molecule has 2 amide bonds. The zero-order chi connectivity index (χ0) is 18.9. The van der Waals surface area contributed by atoms with Crippen LogP contribution in [0.4, 0.5) is 0 Å². The Morgan fingerprint density at radius 1 is 0.923 bits per heavy atom. The molecule has 0 N–H and O–H groups in total. The number of Topliss-reactive ketones (excluding diaryl/α,β-unsaturated/α-hetero) is 1. The van der Waals surface area contributed by atoms with Gasteiger partial charge in [-0.25, -0.2) is 0 Å². The van der Waals surface area contributed by atoms with E-state index in [0.717, 1.165) is 32.1 Å². The first-order chi connectivity index (χ1) is 12.5. The molecule has 6 heteroatoms. The van der Waals surface area contributed by atoms with Crippen molar-refractivity contribution in [2.45, 2.75) is 51.9 Å². The van der Waals surface area contributed by atoms with Crippen molar-refractivity contribution < 1.29 is 23.9 Å². The van der Waals surface area contributed by atoms with Crippen LogP contribution in [0.25, 0.3) is 0 Å². The molecule has 0 fully saturated rings. The number of nitrogens with zero attached hydrogens (tertiary/aromatic N) is 1. The highest BCUT2D eigenvalue weighted by molar-refractivity contribution is 6.21. The average molecular weight is 359 g/mol. The Kier molecular flexibility index (Phi) is 7.51. The van der Waals surface area contributed by atoms with Crippen molar-refractivity contribution in [2.75, 3.05) is 13.2 Å². The third-order valence-corrected chi connectivity index (χ3v) is 4.36. The molecule has 6 nitrogen and oxygen atoms in total. The largest absolute Gasteiger partial charge is 0.466 e. The zero-order valence-corrected chi connectivity index (χ0v) is 15.2. The lowest BCUT2D eigenvalue weighted by atomic mass is 10.1. The summed E-state index contributed by atoms with van der Waals surface area (Å²) in [4.78, 5) is 48.5. The van der Waals surface area contributed by atoms with Gasteiger partial charge in [-0.2, -0.15) is 0 Å². The van der Waals surface area contributed by atoms with E-state index in [9.17, 15) is 19.2 Å². The van der Waals surface area contributed by atoms with Gasteiger partial charge >= 0.3 is 5.97 Å². The van der Waals surface area contributed by atoms with Crippen LogP contribution in [0.5, 0.6) is 0 Å². The van der Waals surface area contributed by atoms with Gasteiger partial charge in [0.25, 0.3) is 11.8 Å². The van der Waals surface area contributed by atoms with E-state index >= 15 is 0 Å². The molecule has 0 saturated heterocycles. The zero-order valence-electron chi connectivity index (χ0n) is 15.2. The van der Waals surface area contributed by atoms with E-state index in [4.69, 9.17) is 4.74 Å². The molecule has 0 spiro atoms. The lowest BCUT2D eigenvalue weighted by Crippen LogP contribution is -2.30. The Hall–Kier alpha value is -2.50. The van der Waals surface area contributed by atoms with Gasteiger partial charge in [0.15, 0.2) is 0 Å². The standard InChI is InChI=1S/C20H25NO5/c1-2-26-18(23)14-15(22)10-6-4-3-5-9-13-21-19(24)16-11-7-8-12-17(16)20(21)25/h7-8,11-12H,2-6,9-10,13-14H2,1H3. The predicted molar refractivity (Wildman–Crippen MR) is 95.8 cm³/mol. The van der Waals surface area contributed by atoms with Crippen LogP contribution < -0.4 is 0 Å². The van der Waals surface area contributed by atoms with E-state index in [1.165, 1.54) is 4.90 Å². The van der Waals surface area contributed by atoms with Crippen LogP contribution in [0, 0.1) is 0 Å². The minimum absolute atomic E-state index is 0.0884. The van der Waals surface area contributed by atoms with Crippen LogP contribution in [0.15, 0.2) is 24.3 Å². The smallest absolute Gasteiger partial charge is 0.313 e. The summed E-state index contributed by atoms with van der Waals surface area (Å²) >= 11 is 0. The average Bonchev–Trinajstić information content (AvgIpc) is 2.86. The molecule has 1 aromatic rings. The number of unbranched alkanes of at least 4 members (excludes halogenated alkanes) is 4. The van der Waals surface area contributed by atoms with Gasteiger partial charge in [0.05, 0.1) is 17.7 Å². The number of hydrogen-bond donors (Lipinski definition) is 0. The molecule has 0 unspecified atom stereocenters. The first kappa shape index (κ1) is 19.8. The summed E-state index contributed by atoms with van der Waals surface area (Å²) in [6.45, 7) is 2.43. The van der Waals surface area contributed by atoms with E-state index < -0.39 is 5.97 Å². The molecule has 0 bridgehead atoms. The number of carbonyl (C=O) groups excluding carboxylic acids is 4. The molecule has 1 aromatic carbocycles. The van der Waals surface area contributed by atoms with Gasteiger partial charge in [0, 0.05) is 13.0 Å². The van der Waals surface area contributed by atoms with E-state index in [0.29, 0.717) is 30.7 Å². The molecule has 140 valence electrons. The predicted octanol–water partition coefficient (Wildman–Crippen LogP) is 3.15. The second-order valence-corrected chi connectivity index (χ2v) is 6.35. The summed E-state index contributed by atoms with van der Waals surface area (Å²) in [5, 5.41) is 0. The van der Waals surface area contributed by atoms with Crippen molar-refractivity contribution in [1.82, 2.24) is 4.90 Å². The summed E-state index contributed by atoms with van der Waals surface area (Å²) in [6.07, 6.45) is 4.43. The van der Waals surface area contributed by atoms with Crippen LogP contribution in [0.1, 0.15) is 72.6 Å². The van der Waals surface area contributed by atoms with Gasteiger partial charge in [0.1, 0.15) is 12.2 Å². The molecule has 1 aliphatic heterocycles. The first-order valence-corrected chi connectivity index (χ1v) is 9.17. The summed E-state index contributed by atoms with van der Waals surface area (Å²) < 4.78 is 4.74. The van der Waals surface area contributed by atoms with Gasteiger partial charge in [-0.05, 0) is 31.9 Å². The monoisotopic (exact) mass is 359 g/mol. The summed E-state index contributed by atoms with van der Waals surface area (Å²) in [5.41, 5.74) is 0.968. The number of carbonyl (C=O) groups is 4. The van der Waals surface area contributed by atoms with Crippen LogP contribution >= 0.6 is 0 Å². The summed E-state index contributed by atoms with van der Waals surface area (Å²) in [6, 6.07) is 6.89. The fourth-order valence-corrected chi connectivity index (χ4v) is 3.03. The molecule has 0 aromatic heterocycles. The van der Waals surface area contributed by atoms with Crippen LogP contribution in [-0.2, 0) is 14.3 Å². The van der Waals surface area contributed by atoms with E-state index in [-0.39, 0.29) is 24.0 Å². The molecule has 1 heterocycles. The topological polar surface area (TPSA) is 80.8 Å². The molecule has 0 aliphatic carbocycles. The molecule has 1 aliphatic rings. The van der Waals surface area contributed by atoms with E-state index in [1.54, 1.807) is 31.2 Å². The number of rotatable bonds is 11. The molecule has 0 saturated carbocycles. The maximum absolute atomic E-state index is 12.2. The second kappa shape index (κ2) is 9.85. The Morgan fingerprint density at radius 2 is 1.50 bits per heavy atom. The number of imide groups is 1. The van der Waals surface area contributed by atoms with E-state index in [1.807, 2.05) is 0 Å². The van der Waals surface area contributed by atoms with Crippen molar-refractivity contribution in [3.63, 3.8) is 0 Å². The molecule has 2 rings (SSSR count). The van der Waals surface area contributed by atoms with Crippen molar-refractivity contribution >= 4 is 23.6 Å². The van der Waals surface area contributed by atoms with Crippen molar-refractivity contribution in [3.8, 4) is 0 Å². The number of amides is 2. The Morgan fingerprint density at radius 3 is 2.12 bits per heavy atom. The summed E-state index contributed by atoms with van der Waals surface area (Å²) in [7, 11) is 0. The molecular formula is C20H25NO5. The highest BCUT2D eigenvalue weighted by Gasteiger charge is 2.34. The van der Waals surface area contributed by atoms with Gasteiger partial charge in [-0.3, -0.25) is 24.1 Å². The minimum atomic E-state index is -0.460. The third kappa shape index (κ3) is 5.25. The second-order valence-electron chi connectivity index (χ2n) is 6.35. The lowest BCUT2D eigenvalue weighted by molar-refractivity contribution is -0.145. The molecule has 26 heavy (non-hydrogen) atoms. The van der Waals surface area contributed by atoms with Crippen molar-refractivity contribution in [1.29, 1.82) is 0 Å². The van der Waals surface area contributed by atoms with E-state index in [2.05, 4.69) is 0 Å². The van der Waals surface area contributed by atoms with Gasteiger partial charge < -0.3 is 4.74 Å². The molecule has 0 atom stereocenters. The lowest BCUT2D eigenvalue weighted by Gasteiger charge is -2.13. The number of fused-ring (bicyclic) bond motifs is 1. The number of ketones is 1. The SMILES string of the molecule is CCOC(=O)CC(=O)CCCCCCCN1C(=O)c2ccccc2C1=O. The summed E-state index contributed by atoms with van der Waals surface area (Å²) in [5.74, 6) is -0.974. The number of hydrogen-bond acceptors (Lipinski definition) is 5. The molecule has 0 radical (unpaired) electrons. The fraction of sp³-hybridized carbons (Fsp3) is 0.500. The number of esters is 1. The minimum Gasteiger partial charge on any atom is -0.466 e. The van der Waals surface area contributed by atoms with Gasteiger partial charge in [0.2, 0.25) is 0 Å². The van der Waals surface area contributed by atoms with Gasteiger partial charge in [-0.15, -0.1) is 0 Å². The van der Waals surface area contributed by atoms with Crippen LogP contribution in [-0.4, -0.2) is 41.6 Å². The third-order valence-electron chi connectivity index (χ3n) is 4.36. The quantitative estimate of drug-likeness (QED) is 0.262. The van der Waals surface area contributed by atoms with Crippen molar-refractivity contribution in [3.05, 3.63) is 35.4 Å². The maximum atomic E-state index is 12.2. The Labute approximate surface area is 153 Å². The van der Waals surface area contributed by atoms with Crippen LogP contribution in [0.3, 0.4) is 0 Å².